The van der Waals surface area contributed by atoms with Gasteiger partial charge in [0.15, 0.2) is 0 Å². The summed E-state index contributed by atoms with van der Waals surface area (Å²) in [4.78, 5) is 0. The van der Waals surface area contributed by atoms with Crippen molar-refractivity contribution in [3.8, 4) is 0 Å². The van der Waals surface area contributed by atoms with E-state index in [4.69, 9.17) is 0 Å². The van der Waals surface area contributed by atoms with E-state index in [2.05, 4.69) is 0 Å². The molecule has 0 saturated heterocycles. The van der Waals surface area contributed by atoms with Gasteiger partial charge in [-0.15, -0.1) is 0 Å². The van der Waals surface area contributed by atoms with Gasteiger partial charge >= 0.3 is 0 Å². The zero-order chi connectivity index (χ0) is 7.52. The third-order valence-corrected chi connectivity index (χ3v) is 3.72. The van der Waals surface area contributed by atoms with Gasteiger partial charge in [-0.05, 0) is 11.8 Å². The third-order valence-electron chi connectivity index (χ3n) is 3.72. The second-order valence-corrected chi connectivity index (χ2v) is 4.44. The molecular formula is C11H20. The first-order chi connectivity index (χ1) is 5.47. The van der Waals surface area contributed by atoms with E-state index in [1.807, 2.05) is 0 Å². The average molecular weight is 152 g/mol. The fourth-order valence-electron chi connectivity index (χ4n) is 3.03. The molecule has 11 heavy (non-hydrogen) atoms. The fourth-order valence-corrected chi connectivity index (χ4v) is 3.03. The Hall–Kier alpha value is 0. The van der Waals surface area contributed by atoms with Gasteiger partial charge in [0.25, 0.3) is 0 Å². The predicted octanol–water partition coefficient (Wildman–Crippen LogP) is 3.76. The zero-order valence-electron chi connectivity index (χ0n) is 7.52. The Morgan fingerprint density at radius 1 is 0.455 bits per heavy atom. The van der Waals surface area contributed by atoms with Crippen LogP contribution in [-0.2, 0) is 0 Å². The number of hydrogen-bond donors (Lipinski definition) is 0. The van der Waals surface area contributed by atoms with Crippen LogP contribution in [0.1, 0.15) is 57.8 Å². The van der Waals surface area contributed by atoms with Crippen LogP contribution in [0.25, 0.3) is 0 Å². The van der Waals surface area contributed by atoms with Crippen LogP contribution in [0.2, 0.25) is 0 Å². The van der Waals surface area contributed by atoms with E-state index in [1.54, 1.807) is 25.7 Å². The SMILES string of the molecule is C1CC[C@@H]2CCCC[C@@H]2CC1. The van der Waals surface area contributed by atoms with Crippen molar-refractivity contribution in [2.24, 2.45) is 11.8 Å². The summed E-state index contributed by atoms with van der Waals surface area (Å²) in [5.41, 5.74) is 0. The average Bonchev–Trinajstić information content (AvgIpc) is 2.28. The highest BCUT2D eigenvalue weighted by atomic mass is 14.3. The summed E-state index contributed by atoms with van der Waals surface area (Å²) in [5, 5.41) is 0. The van der Waals surface area contributed by atoms with Gasteiger partial charge < -0.3 is 0 Å². The van der Waals surface area contributed by atoms with E-state index in [0.29, 0.717) is 0 Å². The minimum atomic E-state index is 1.14. The molecule has 0 nitrogen and oxygen atoms in total. The minimum Gasteiger partial charge on any atom is -0.0533 e. The van der Waals surface area contributed by atoms with E-state index < -0.39 is 0 Å². The summed E-state index contributed by atoms with van der Waals surface area (Å²) in [7, 11) is 0. The Labute approximate surface area is 70.4 Å². The smallest absolute Gasteiger partial charge is 0.0386 e. The molecule has 2 fully saturated rings. The summed E-state index contributed by atoms with van der Waals surface area (Å²) in [5.74, 6) is 2.29. The van der Waals surface area contributed by atoms with Crippen LogP contribution in [0.15, 0.2) is 0 Å². The van der Waals surface area contributed by atoms with Gasteiger partial charge in [-0.1, -0.05) is 57.8 Å². The first-order valence-corrected chi connectivity index (χ1v) is 5.47. The highest BCUT2D eigenvalue weighted by Crippen LogP contribution is 2.38. The lowest BCUT2D eigenvalue weighted by molar-refractivity contribution is 0.224. The third kappa shape index (κ3) is 1.77. The van der Waals surface area contributed by atoms with Crippen LogP contribution in [0.4, 0.5) is 0 Å². The summed E-state index contributed by atoms with van der Waals surface area (Å²) in [6, 6.07) is 0. The first-order valence-electron chi connectivity index (χ1n) is 5.47. The van der Waals surface area contributed by atoms with Gasteiger partial charge in [0, 0.05) is 0 Å². The Morgan fingerprint density at radius 2 is 0.818 bits per heavy atom. The highest BCUT2D eigenvalue weighted by molar-refractivity contribution is 4.77. The van der Waals surface area contributed by atoms with Crippen LogP contribution < -0.4 is 0 Å². The quantitative estimate of drug-likeness (QED) is 0.496. The van der Waals surface area contributed by atoms with Gasteiger partial charge in [-0.25, -0.2) is 0 Å². The van der Waals surface area contributed by atoms with E-state index in [9.17, 15) is 0 Å². The van der Waals surface area contributed by atoms with E-state index in [-0.39, 0.29) is 0 Å². The van der Waals surface area contributed by atoms with Crippen LogP contribution in [0.5, 0.6) is 0 Å². The van der Waals surface area contributed by atoms with E-state index >= 15 is 0 Å². The van der Waals surface area contributed by atoms with Crippen LogP contribution >= 0.6 is 0 Å². The monoisotopic (exact) mass is 152 g/mol. The number of fused-ring (bicyclic) bond motifs is 1. The minimum absolute atomic E-state index is 1.14. The van der Waals surface area contributed by atoms with Crippen molar-refractivity contribution in [3.05, 3.63) is 0 Å². The van der Waals surface area contributed by atoms with Gasteiger partial charge in [-0.2, -0.15) is 0 Å². The van der Waals surface area contributed by atoms with Gasteiger partial charge in [0.05, 0.1) is 0 Å². The van der Waals surface area contributed by atoms with Crippen LogP contribution in [0, 0.1) is 11.8 Å². The Balaban J connectivity index is 1.93. The summed E-state index contributed by atoms with van der Waals surface area (Å²) >= 11 is 0. The normalized spacial score (nSPS) is 39.3. The molecule has 0 aromatic rings. The van der Waals surface area contributed by atoms with Gasteiger partial charge in [0.1, 0.15) is 0 Å². The van der Waals surface area contributed by atoms with Crippen molar-refractivity contribution in [3.63, 3.8) is 0 Å². The Morgan fingerprint density at radius 3 is 1.27 bits per heavy atom. The van der Waals surface area contributed by atoms with Crippen LogP contribution in [-0.4, -0.2) is 0 Å². The lowest BCUT2D eigenvalue weighted by Gasteiger charge is -2.29. The molecule has 0 amide bonds. The lowest BCUT2D eigenvalue weighted by Crippen LogP contribution is -2.17. The summed E-state index contributed by atoms with van der Waals surface area (Å²) < 4.78 is 0. The molecule has 0 bridgehead atoms. The second-order valence-electron chi connectivity index (χ2n) is 4.44. The van der Waals surface area contributed by atoms with Crippen molar-refractivity contribution in [1.29, 1.82) is 0 Å². The van der Waals surface area contributed by atoms with Crippen molar-refractivity contribution >= 4 is 0 Å². The predicted molar refractivity (Wildman–Crippen MR) is 48.5 cm³/mol. The molecule has 2 aliphatic rings. The Bertz CT molecular complexity index is 103. The topological polar surface area (TPSA) is 0 Å². The lowest BCUT2D eigenvalue weighted by atomic mass is 9.77. The molecule has 2 saturated carbocycles. The molecule has 2 aliphatic carbocycles. The molecule has 0 radical (unpaired) electrons. The standard InChI is InChI=1S/C11H20/c1-2-6-10-8-4-5-9-11(10)7-3-1/h10-11H,1-9H2/t10-,11+. The molecule has 64 valence electrons. The molecule has 0 heteroatoms. The Kier molecular flexibility index (Phi) is 2.50. The first kappa shape index (κ1) is 7.64. The van der Waals surface area contributed by atoms with Crippen molar-refractivity contribution in [2.45, 2.75) is 57.8 Å². The molecular weight excluding hydrogens is 132 g/mol. The van der Waals surface area contributed by atoms with Gasteiger partial charge in [0.2, 0.25) is 0 Å². The molecule has 2 atom stereocenters. The maximum atomic E-state index is 1.56. The molecule has 0 spiro atoms. The maximum Gasteiger partial charge on any atom is -0.0386 e. The fraction of sp³-hybridized carbons (Fsp3) is 1.00. The maximum absolute atomic E-state index is 1.56. The second kappa shape index (κ2) is 3.60. The molecule has 0 unspecified atom stereocenters. The zero-order valence-corrected chi connectivity index (χ0v) is 7.52. The number of rotatable bonds is 0. The molecule has 0 heterocycles. The largest absolute Gasteiger partial charge is 0.0533 e. The van der Waals surface area contributed by atoms with Gasteiger partial charge in [-0.3, -0.25) is 0 Å². The molecule has 0 aromatic carbocycles. The van der Waals surface area contributed by atoms with Crippen molar-refractivity contribution in [2.75, 3.05) is 0 Å². The summed E-state index contributed by atoms with van der Waals surface area (Å²) in [6.45, 7) is 0. The molecule has 0 aromatic heterocycles. The van der Waals surface area contributed by atoms with E-state index in [1.165, 1.54) is 32.1 Å². The van der Waals surface area contributed by atoms with Crippen LogP contribution in [0.3, 0.4) is 0 Å². The van der Waals surface area contributed by atoms with Crippen molar-refractivity contribution in [1.82, 2.24) is 0 Å². The number of hydrogen-bond acceptors (Lipinski definition) is 0. The highest BCUT2D eigenvalue weighted by Gasteiger charge is 2.25. The molecule has 0 aliphatic heterocycles. The van der Waals surface area contributed by atoms with E-state index in [0.717, 1.165) is 11.8 Å². The molecule has 0 N–H and O–H groups in total. The molecule has 2 rings (SSSR count). The summed E-state index contributed by atoms with van der Waals surface area (Å²) in [6.07, 6.45) is 13.9. The van der Waals surface area contributed by atoms with Crippen molar-refractivity contribution < 1.29 is 0 Å².